The van der Waals surface area contributed by atoms with Crippen LogP contribution in [0.2, 0.25) is 0 Å². The maximum Gasteiger partial charge on any atom is 0.416 e. The molecule has 3 rings (SSSR count). The first-order chi connectivity index (χ1) is 13.6. The molecule has 0 bridgehead atoms. The Kier molecular flexibility index (Phi) is 5.82. The maximum absolute atomic E-state index is 13.1. The lowest BCUT2D eigenvalue weighted by Crippen LogP contribution is -2.38. The topological polar surface area (TPSA) is 55.2 Å². The van der Waals surface area contributed by atoms with Gasteiger partial charge in [-0.3, -0.25) is 9.59 Å². The summed E-state index contributed by atoms with van der Waals surface area (Å²) in [5.41, 5.74) is -1.11. The average Bonchev–Trinajstić information content (AvgIpc) is 3.46. The second-order valence-corrected chi connectivity index (χ2v) is 7.87. The number of amides is 1. The zero-order valence-electron chi connectivity index (χ0n) is 16.7. The highest BCUT2D eigenvalue weighted by Crippen LogP contribution is 2.31. The Morgan fingerprint density at radius 3 is 2.55 bits per heavy atom. The quantitative estimate of drug-likeness (QED) is 0.721. The van der Waals surface area contributed by atoms with Crippen LogP contribution >= 0.6 is 0 Å². The first-order valence-corrected chi connectivity index (χ1v) is 9.67. The number of carbonyl (C=O) groups is 1. The number of aromatic nitrogens is 2. The molecule has 2 aromatic rings. The van der Waals surface area contributed by atoms with Gasteiger partial charge in [0.25, 0.3) is 5.91 Å². The first-order valence-electron chi connectivity index (χ1n) is 9.67. The number of halogens is 3. The molecule has 0 N–H and O–H groups in total. The molecule has 0 spiro atoms. The normalized spacial score (nSPS) is 14.3. The minimum absolute atomic E-state index is 0.103. The van der Waals surface area contributed by atoms with Crippen LogP contribution in [0.5, 0.6) is 0 Å². The summed E-state index contributed by atoms with van der Waals surface area (Å²) in [6.07, 6.45) is -1.92. The predicted octanol–water partition coefficient (Wildman–Crippen LogP) is 4.21. The minimum atomic E-state index is -4.50. The fourth-order valence-electron chi connectivity index (χ4n) is 3.14. The van der Waals surface area contributed by atoms with Crippen LogP contribution in [0, 0.1) is 12.8 Å². The van der Waals surface area contributed by atoms with Gasteiger partial charge in [0.05, 0.1) is 11.3 Å². The lowest BCUT2D eigenvalue weighted by atomic mass is 10.1. The van der Waals surface area contributed by atoms with Crippen LogP contribution < -0.4 is 5.43 Å². The molecular weight excluding hydrogens is 383 g/mol. The van der Waals surface area contributed by atoms with E-state index >= 15 is 0 Å². The third kappa shape index (κ3) is 4.86. The summed E-state index contributed by atoms with van der Waals surface area (Å²) in [7, 11) is 0. The Hall–Kier alpha value is -2.64. The fourth-order valence-corrected chi connectivity index (χ4v) is 3.14. The molecule has 1 aromatic carbocycles. The van der Waals surface area contributed by atoms with Crippen molar-refractivity contribution in [3.63, 3.8) is 0 Å². The molecule has 1 amide bonds. The van der Waals surface area contributed by atoms with E-state index < -0.39 is 23.1 Å². The molecule has 1 heterocycles. The highest BCUT2D eigenvalue weighted by Gasteiger charge is 2.35. The van der Waals surface area contributed by atoms with Gasteiger partial charge in [-0.05, 0) is 50.3 Å². The first kappa shape index (κ1) is 21.1. The van der Waals surface area contributed by atoms with E-state index in [4.69, 9.17) is 0 Å². The van der Waals surface area contributed by atoms with Crippen molar-refractivity contribution in [1.82, 2.24) is 14.7 Å². The van der Waals surface area contributed by atoms with E-state index in [1.165, 1.54) is 22.9 Å². The van der Waals surface area contributed by atoms with Gasteiger partial charge in [-0.25, -0.2) is 4.68 Å². The molecule has 29 heavy (non-hydrogen) atoms. The van der Waals surface area contributed by atoms with Crippen LogP contribution in [0.1, 0.15) is 54.9 Å². The van der Waals surface area contributed by atoms with Gasteiger partial charge < -0.3 is 4.90 Å². The van der Waals surface area contributed by atoms with Crippen LogP contribution in [-0.4, -0.2) is 33.2 Å². The summed E-state index contributed by atoms with van der Waals surface area (Å²) in [5.74, 6) is -0.0596. The second-order valence-electron chi connectivity index (χ2n) is 7.87. The van der Waals surface area contributed by atoms with Crippen molar-refractivity contribution in [2.24, 2.45) is 5.92 Å². The second kappa shape index (κ2) is 8.00. The number of hydrogen-bond acceptors (Lipinski definition) is 3. The number of nitrogens with zero attached hydrogens (tertiary/aromatic N) is 3. The van der Waals surface area contributed by atoms with Gasteiger partial charge in [0, 0.05) is 24.3 Å². The van der Waals surface area contributed by atoms with Gasteiger partial charge in [0.2, 0.25) is 5.43 Å². The Morgan fingerprint density at radius 1 is 1.28 bits per heavy atom. The molecular formula is C21H24F3N3O2. The molecule has 1 aliphatic rings. The van der Waals surface area contributed by atoms with Gasteiger partial charge in [0.15, 0.2) is 5.69 Å². The molecule has 156 valence electrons. The van der Waals surface area contributed by atoms with Crippen molar-refractivity contribution in [3.05, 3.63) is 57.5 Å². The lowest BCUT2D eigenvalue weighted by molar-refractivity contribution is -0.137. The number of alkyl halides is 3. The number of carbonyl (C=O) groups excluding carboxylic acids is 1. The van der Waals surface area contributed by atoms with Gasteiger partial charge >= 0.3 is 6.18 Å². The monoisotopic (exact) mass is 407 g/mol. The third-order valence-electron chi connectivity index (χ3n) is 4.92. The Bertz CT molecular complexity index is 962. The number of benzene rings is 1. The molecule has 0 saturated heterocycles. The Balaban J connectivity index is 2.00. The van der Waals surface area contributed by atoms with Crippen molar-refractivity contribution in [1.29, 1.82) is 0 Å². The molecule has 0 radical (unpaired) electrons. The summed E-state index contributed by atoms with van der Waals surface area (Å²) in [6.45, 7) is 6.21. The van der Waals surface area contributed by atoms with Crippen molar-refractivity contribution in [3.8, 4) is 5.69 Å². The van der Waals surface area contributed by atoms with Gasteiger partial charge in [-0.2, -0.15) is 18.3 Å². The summed E-state index contributed by atoms with van der Waals surface area (Å²) in [4.78, 5) is 27.2. The number of rotatable bonds is 6. The molecule has 0 atom stereocenters. The summed E-state index contributed by atoms with van der Waals surface area (Å²) in [6, 6.07) is 6.01. The SMILES string of the molecule is Cc1cc(=O)c(C(=O)N(CCC(C)C)C2CC2)nn1-c1cccc(C(F)(F)F)c1. The molecule has 1 fully saturated rings. The van der Waals surface area contributed by atoms with E-state index in [1.807, 2.05) is 0 Å². The van der Waals surface area contributed by atoms with Crippen molar-refractivity contribution < 1.29 is 18.0 Å². The standard InChI is InChI=1S/C21H24F3N3O2/c1-13(2)9-10-26(16-7-8-16)20(29)19-18(28)11-14(3)27(25-19)17-6-4-5-15(12-17)21(22,23)24/h4-6,11-13,16H,7-10H2,1-3H3. The van der Waals surface area contributed by atoms with Crippen LogP contribution in [0.4, 0.5) is 13.2 Å². The van der Waals surface area contributed by atoms with Gasteiger partial charge in [0.1, 0.15) is 0 Å². The van der Waals surface area contributed by atoms with Gasteiger partial charge in [-0.15, -0.1) is 0 Å². The molecule has 5 nitrogen and oxygen atoms in total. The van der Waals surface area contributed by atoms with E-state index in [-0.39, 0.29) is 17.4 Å². The summed E-state index contributed by atoms with van der Waals surface area (Å²) < 4.78 is 40.4. The van der Waals surface area contributed by atoms with Crippen molar-refractivity contribution in [2.75, 3.05) is 6.54 Å². The summed E-state index contributed by atoms with van der Waals surface area (Å²) >= 11 is 0. The minimum Gasteiger partial charge on any atom is -0.334 e. The Labute approximate surface area is 167 Å². The molecule has 1 aliphatic carbocycles. The van der Waals surface area contributed by atoms with Gasteiger partial charge in [-0.1, -0.05) is 19.9 Å². The molecule has 0 aliphatic heterocycles. The number of aryl methyl sites for hydroxylation is 1. The largest absolute Gasteiger partial charge is 0.416 e. The third-order valence-corrected chi connectivity index (χ3v) is 4.92. The summed E-state index contributed by atoms with van der Waals surface area (Å²) in [5, 5.41) is 4.17. The van der Waals surface area contributed by atoms with Crippen LogP contribution in [0.15, 0.2) is 35.1 Å². The average molecular weight is 407 g/mol. The number of hydrogen-bond donors (Lipinski definition) is 0. The molecule has 1 saturated carbocycles. The Morgan fingerprint density at radius 2 is 1.97 bits per heavy atom. The molecule has 8 heteroatoms. The zero-order chi connectivity index (χ0) is 21.3. The van der Waals surface area contributed by atoms with Crippen LogP contribution in [0.25, 0.3) is 5.69 Å². The highest BCUT2D eigenvalue weighted by molar-refractivity contribution is 5.92. The zero-order valence-corrected chi connectivity index (χ0v) is 16.7. The predicted molar refractivity (Wildman–Crippen MR) is 103 cm³/mol. The molecule has 1 aromatic heterocycles. The van der Waals surface area contributed by atoms with Crippen LogP contribution in [-0.2, 0) is 6.18 Å². The van der Waals surface area contributed by atoms with E-state index in [2.05, 4.69) is 18.9 Å². The van der Waals surface area contributed by atoms with E-state index in [9.17, 15) is 22.8 Å². The molecule has 0 unspecified atom stereocenters. The van der Waals surface area contributed by atoms with E-state index in [1.54, 1.807) is 11.8 Å². The maximum atomic E-state index is 13.1. The van der Waals surface area contributed by atoms with E-state index in [0.29, 0.717) is 18.2 Å². The smallest absolute Gasteiger partial charge is 0.334 e. The fraction of sp³-hybridized carbons (Fsp3) is 0.476. The van der Waals surface area contributed by atoms with Crippen molar-refractivity contribution in [2.45, 2.75) is 52.3 Å². The van der Waals surface area contributed by atoms with E-state index in [0.717, 1.165) is 31.4 Å². The van der Waals surface area contributed by atoms with Crippen molar-refractivity contribution >= 4 is 5.91 Å². The van der Waals surface area contributed by atoms with Crippen LogP contribution in [0.3, 0.4) is 0 Å². The lowest BCUT2D eigenvalue weighted by Gasteiger charge is -2.23. The highest BCUT2D eigenvalue weighted by atomic mass is 19.4.